The highest BCUT2D eigenvalue weighted by Crippen LogP contribution is 2.04. The van der Waals surface area contributed by atoms with Crippen LogP contribution in [0.2, 0.25) is 0 Å². The number of rotatable bonds is 9. The number of aliphatic hydroxyl groups excluding tert-OH is 5. The molecule has 0 heterocycles. The van der Waals surface area contributed by atoms with Crippen LogP contribution in [-0.2, 0) is 4.79 Å². The Hall–Kier alpha value is -2.04. The van der Waals surface area contributed by atoms with Crippen molar-refractivity contribution in [3.63, 3.8) is 0 Å². The predicted octanol–water partition coefficient (Wildman–Crippen LogP) is -2.36. The zero-order valence-corrected chi connectivity index (χ0v) is 12.3. The van der Waals surface area contributed by atoms with Crippen molar-refractivity contribution in [1.82, 2.24) is 5.43 Å². The fourth-order valence-corrected chi connectivity index (χ4v) is 1.59. The molecule has 1 amide bonds. The van der Waals surface area contributed by atoms with E-state index in [2.05, 4.69) is 15.8 Å². The van der Waals surface area contributed by atoms with Crippen molar-refractivity contribution in [2.45, 2.75) is 24.4 Å². The number of nitrogens with one attached hydrogen (secondary N) is 2. The van der Waals surface area contributed by atoms with Crippen LogP contribution in [0.15, 0.2) is 35.4 Å². The maximum atomic E-state index is 11.5. The zero-order valence-electron chi connectivity index (χ0n) is 12.3. The first-order valence-corrected chi connectivity index (χ1v) is 6.89. The van der Waals surface area contributed by atoms with E-state index in [-0.39, 0.29) is 6.54 Å². The summed E-state index contributed by atoms with van der Waals surface area (Å²) >= 11 is 0. The van der Waals surface area contributed by atoms with Gasteiger partial charge in [-0.25, -0.2) is 5.43 Å². The summed E-state index contributed by atoms with van der Waals surface area (Å²) in [6.07, 6.45) is -5.94. The number of hydrogen-bond acceptors (Lipinski definition) is 8. The van der Waals surface area contributed by atoms with Crippen LogP contribution in [0.25, 0.3) is 0 Å². The Morgan fingerprint density at radius 2 is 1.78 bits per heavy atom. The Morgan fingerprint density at radius 3 is 2.39 bits per heavy atom. The number of carbonyl (C=O) groups is 1. The maximum Gasteiger partial charge on any atom is 0.259 e. The van der Waals surface area contributed by atoms with E-state index >= 15 is 0 Å². The van der Waals surface area contributed by atoms with E-state index in [9.17, 15) is 20.1 Å². The van der Waals surface area contributed by atoms with Gasteiger partial charge in [0.25, 0.3) is 5.91 Å². The Morgan fingerprint density at radius 1 is 1.13 bits per heavy atom. The average Bonchev–Trinajstić information content (AvgIpc) is 2.58. The molecule has 1 rings (SSSR count). The molecule has 0 radical (unpaired) electrons. The molecule has 0 bridgehead atoms. The molecule has 128 valence electrons. The first-order valence-electron chi connectivity index (χ1n) is 6.89. The molecule has 0 saturated heterocycles. The summed E-state index contributed by atoms with van der Waals surface area (Å²) in [4.78, 5) is 11.5. The van der Waals surface area contributed by atoms with Gasteiger partial charge in [0, 0.05) is 5.69 Å². The largest absolute Gasteiger partial charge is 0.394 e. The quantitative estimate of drug-likeness (QED) is 0.198. The molecule has 1 aromatic carbocycles. The summed E-state index contributed by atoms with van der Waals surface area (Å²) in [6.45, 7) is -0.824. The minimum atomic E-state index is -1.76. The fourth-order valence-electron chi connectivity index (χ4n) is 1.59. The van der Waals surface area contributed by atoms with Crippen LogP contribution in [0, 0.1) is 0 Å². The molecule has 1 aromatic rings. The highest BCUT2D eigenvalue weighted by molar-refractivity contribution is 5.81. The third kappa shape index (κ3) is 6.72. The normalized spacial score (nSPS) is 16.6. The van der Waals surface area contributed by atoms with E-state index < -0.39 is 36.9 Å². The smallest absolute Gasteiger partial charge is 0.259 e. The lowest BCUT2D eigenvalue weighted by atomic mass is 10.0. The molecule has 23 heavy (non-hydrogen) atoms. The van der Waals surface area contributed by atoms with E-state index in [0.717, 1.165) is 11.9 Å². The monoisotopic (exact) mass is 327 g/mol. The minimum absolute atomic E-state index is 0.0497. The summed E-state index contributed by atoms with van der Waals surface area (Å²) < 4.78 is 0. The van der Waals surface area contributed by atoms with E-state index in [0.29, 0.717) is 0 Å². The van der Waals surface area contributed by atoms with Gasteiger partial charge in [0.1, 0.15) is 24.4 Å². The molecule has 0 aliphatic carbocycles. The van der Waals surface area contributed by atoms with Gasteiger partial charge in [-0.05, 0) is 12.1 Å². The van der Waals surface area contributed by atoms with Crippen LogP contribution >= 0.6 is 0 Å². The van der Waals surface area contributed by atoms with Crippen molar-refractivity contribution in [2.24, 2.45) is 5.10 Å². The molecule has 4 atom stereocenters. The highest BCUT2D eigenvalue weighted by Gasteiger charge is 2.29. The van der Waals surface area contributed by atoms with Gasteiger partial charge >= 0.3 is 0 Å². The summed E-state index contributed by atoms with van der Waals surface area (Å²) in [6, 6.07) is 9.02. The molecule has 0 unspecified atom stereocenters. The van der Waals surface area contributed by atoms with Crippen molar-refractivity contribution in [1.29, 1.82) is 0 Å². The summed E-state index contributed by atoms with van der Waals surface area (Å²) in [7, 11) is 0. The molecule has 7 N–H and O–H groups in total. The van der Waals surface area contributed by atoms with E-state index in [1.807, 2.05) is 18.2 Å². The second kappa shape index (κ2) is 9.87. The number of carbonyl (C=O) groups excluding carboxylic acids is 1. The van der Waals surface area contributed by atoms with Gasteiger partial charge in [0.2, 0.25) is 0 Å². The maximum absolute atomic E-state index is 11.5. The van der Waals surface area contributed by atoms with Gasteiger partial charge in [-0.15, -0.1) is 0 Å². The van der Waals surface area contributed by atoms with Gasteiger partial charge in [0.15, 0.2) is 0 Å². The van der Waals surface area contributed by atoms with Crippen LogP contribution in [0.1, 0.15) is 0 Å². The van der Waals surface area contributed by atoms with Gasteiger partial charge < -0.3 is 30.8 Å². The number of hydrogen-bond donors (Lipinski definition) is 7. The van der Waals surface area contributed by atoms with Crippen LogP contribution in [0.5, 0.6) is 0 Å². The van der Waals surface area contributed by atoms with Gasteiger partial charge in [-0.1, -0.05) is 18.2 Å². The molecule has 0 saturated carbocycles. The molecule has 0 aliphatic rings. The van der Waals surface area contributed by atoms with Crippen LogP contribution < -0.4 is 10.7 Å². The van der Waals surface area contributed by atoms with Crippen LogP contribution in [0.4, 0.5) is 5.69 Å². The van der Waals surface area contributed by atoms with E-state index in [1.54, 1.807) is 12.1 Å². The Kier molecular flexibility index (Phi) is 8.16. The summed E-state index contributed by atoms with van der Waals surface area (Å²) in [5.41, 5.74) is 2.88. The van der Waals surface area contributed by atoms with Gasteiger partial charge in [0.05, 0.1) is 19.4 Å². The second-order valence-corrected chi connectivity index (χ2v) is 4.75. The standard InChI is InChI=1S/C14H21N3O6/c18-8-11(20)14(23)13(22)10(19)6-16-17-12(21)7-15-9-4-2-1-3-5-9/h1-6,10-11,13-15,18-20,22-23H,7-8H2,(H,17,21)/b16-6+/t10-,11+,13+,14-/m0/s1. The number of amides is 1. The lowest BCUT2D eigenvalue weighted by Gasteiger charge is -2.23. The van der Waals surface area contributed by atoms with E-state index in [1.165, 1.54) is 0 Å². The molecule has 0 aliphatic heterocycles. The minimum Gasteiger partial charge on any atom is -0.394 e. The van der Waals surface area contributed by atoms with Crippen molar-refractivity contribution in [3.8, 4) is 0 Å². The summed E-state index contributed by atoms with van der Waals surface area (Å²) in [5.74, 6) is -0.484. The number of aliphatic hydroxyl groups is 5. The van der Waals surface area contributed by atoms with Crippen molar-refractivity contribution in [3.05, 3.63) is 30.3 Å². The van der Waals surface area contributed by atoms with E-state index in [4.69, 9.17) is 10.2 Å². The lowest BCUT2D eigenvalue weighted by Crippen LogP contribution is -2.46. The molecule has 0 fully saturated rings. The zero-order chi connectivity index (χ0) is 17.2. The molecule has 9 heteroatoms. The van der Waals surface area contributed by atoms with Crippen LogP contribution in [-0.4, -0.2) is 75.2 Å². The molecule has 0 aromatic heterocycles. The second-order valence-electron chi connectivity index (χ2n) is 4.75. The first kappa shape index (κ1) is 19.0. The highest BCUT2D eigenvalue weighted by atomic mass is 16.4. The molecule has 9 nitrogen and oxygen atoms in total. The number of benzene rings is 1. The fraction of sp³-hybridized carbons (Fsp3) is 0.429. The Labute approximate surface area is 132 Å². The molecular formula is C14H21N3O6. The number of anilines is 1. The third-order valence-electron chi connectivity index (χ3n) is 2.92. The topological polar surface area (TPSA) is 155 Å². The number of hydrazone groups is 1. The lowest BCUT2D eigenvalue weighted by molar-refractivity contribution is -0.119. The van der Waals surface area contributed by atoms with Gasteiger partial charge in [-0.3, -0.25) is 4.79 Å². The Balaban J connectivity index is 2.35. The van der Waals surface area contributed by atoms with Crippen LogP contribution in [0.3, 0.4) is 0 Å². The number of nitrogens with zero attached hydrogens (tertiary/aromatic N) is 1. The first-order chi connectivity index (χ1) is 11.0. The van der Waals surface area contributed by atoms with Crippen molar-refractivity contribution in [2.75, 3.05) is 18.5 Å². The predicted molar refractivity (Wildman–Crippen MR) is 82.7 cm³/mol. The average molecular weight is 327 g/mol. The third-order valence-corrected chi connectivity index (χ3v) is 2.92. The van der Waals surface area contributed by atoms with Crippen molar-refractivity contribution >= 4 is 17.8 Å². The summed E-state index contributed by atoms with van der Waals surface area (Å²) in [5, 5.41) is 52.5. The number of para-hydroxylation sites is 1. The van der Waals surface area contributed by atoms with Gasteiger partial charge in [-0.2, -0.15) is 5.10 Å². The van der Waals surface area contributed by atoms with Crippen molar-refractivity contribution < 1.29 is 30.3 Å². The molecular weight excluding hydrogens is 306 g/mol. The molecule has 0 spiro atoms. The SMILES string of the molecule is O=C(CNc1ccccc1)N/N=C/[C@H](O)[C@@H](O)[C@@H](O)[C@H](O)CO. The Bertz CT molecular complexity index is 499.